The quantitative estimate of drug-likeness (QED) is 0.742. The highest BCUT2D eigenvalue weighted by Gasteiger charge is 2.14. The molecular weight excluding hydrogens is 230 g/mol. The zero-order valence-electron chi connectivity index (χ0n) is 9.51. The van der Waals surface area contributed by atoms with Crippen LogP contribution in [0, 0.1) is 6.92 Å². The molecule has 0 amide bonds. The predicted molar refractivity (Wildman–Crippen MR) is 71.3 cm³/mol. The van der Waals surface area contributed by atoms with Gasteiger partial charge in [-0.05, 0) is 47.5 Å². The molecular formula is C14H13NOS. The fourth-order valence-electron chi connectivity index (χ4n) is 1.95. The van der Waals surface area contributed by atoms with Gasteiger partial charge in [-0.3, -0.25) is 0 Å². The van der Waals surface area contributed by atoms with E-state index in [1.54, 1.807) is 11.3 Å². The number of fused-ring (bicyclic) bond motifs is 1. The molecule has 0 bridgehead atoms. The Morgan fingerprint density at radius 1 is 1.24 bits per heavy atom. The average Bonchev–Trinajstić information content (AvgIpc) is 2.96. The van der Waals surface area contributed by atoms with Crippen LogP contribution in [0.15, 0.2) is 45.5 Å². The fraction of sp³-hybridized carbons (Fsp3) is 0.143. The first-order valence-electron chi connectivity index (χ1n) is 5.52. The summed E-state index contributed by atoms with van der Waals surface area (Å²) in [5, 5.41) is 5.20. The molecule has 1 atom stereocenters. The molecule has 2 heterocycles. The highest BCUT2D eigenvalue weighted by molar-refractivity contribution is 7.08. The van der Waals surface area contributed by atoms with Crippen molar-refractivity contribution in [3.05, 3.63) is 58.0 Å². The Morgan fingerprint density at radius 3 is 2.88 bits per heavy atom. The number of benzene rings is 1. The van der Waals surface area contributed by atoms with E-state index in [1.807, 2.05) is 29.6 Å². The minimum atomic E-state index is -0.172. The van der Waals surface area contributed by atoms with Gasteiger partial charge in [0.2, 0.25) is 0 Å². The molecule has 0 spiro atoms. The topological polar surface area (TPSA) is 39.2 Å². The molecule has 0 saturated carbocycles. The van der Waals surface area contributed by atoms with Crippen molar-refractivity contribution in [1.29, 1.82) is 0 Å². The first-order valence-corrected chi connectivity index (χ1v) is 6.46. The fourth-order valence-corrected chi connectivity index (χ4v) is 2.65. The number of hydrogen-bond donors (Lipinski definition) is 1. The number of hydrogen-bond acceptors (Lipinski definition) is 3. The smallest absolute Gasteiger partial charge is 0.134 e. The lowest BCUT2D eigenvalue weighted by molar-refractivity contribution is 0.525. The van der Waals surface area contributed by atoms with Crippen LogP contribution < -0.4 is 5.73 Å². The lowest BCUT2D eigenvalue weighted by Crippen LogP contribution is -2.09. The van der Waals surface area contributed by atoms with Crippen molar-refractivity contribution >= 4 is 22.3 Å². The molecule has 0 aliphatic carbocycles. The van der Waals surface area contributed by atoms with E-state index in [0.29, 0.717) is 0 Å². The van der Waals surface area contributed by atoms with Crippen LogP contribution in [0.4, 0.5) is 0 Å². The second-order valence-corrected chi connectivity index (χ2v) is 5.00. The first kappa shape index (κ1) is 10.6. The Hall–Kier alpha value is -1.58. The second kappa shape index (κ2) is 4.02. The van der Waals surface area contributed by atoms with Crippen LogP contribution in [0.2, 0.25) is 0 Å². The van der Waals surface area contributed by atoms with E-state index in [9.17, 15) is 0 Å². The van der Waals surface area contributed by atoms with Crippen molar-refractivity contribution in [2.75, 3.05) is 0 Å². The lowest BCUT2D eigenvalue weighted by Gasteiger charge is -2.04. The third-order valence-corrected chi connectivity index (χ3v) is 3.60. The molecule has 0 aliphatic heterocycles. The van der Waals surface area contributed by atoms with Crippen molar-refractivity contribution in [3.8, 4) is 0 Å². The molecule has 2 aromatic heterocycles. The standard InChI is InChI=1S/C14H13NOS/c1-9-2-3-12-11(6-9)7-13(16-12)14(15)10-4-5-17-8-10/h2-8,14H,15H2,1H3. The Labute approximate surface area is 104 Å². The summed E-state index contributed by atoms with van der Waals surface area (Å²) < 4.78 is 5.79. The van der Waals surface area contributed by atoms with Crippen LogP contribution in [-0.4, -0.2) is 0 Å². The molecule has 3 heteroatoms. The van der Waals surface area contributed by atoms with Crippen molar-refractivity contribution in [3.63, 3.8) is 0 Å². The summed E-state index contributed by atoms with van der Waals surface area (Å²) in [7, 11) is 0. The van der Waals surface area contributed by atoms with Crippen molar-refractivity contribution < 1.29 is 4.42 Å². The molecule has 2 nitrogen and oxygen atoms in total. The normalized spacial score (nSPS) is 13.1. The highest BCUT2D eigenvalue weighted by atomic mass is 32.1. The molecule has 0 radical (unpaired) electrons. The van der Waals surface area contributed by atoms with Crippen LogP contribution in [0.1, 0.15) is 22.9 Å². The molecule has 3 aromatic rings. The third-order valence-electron chi connectivity index (χ3n) is 2.90. The van der Waals surface area contributed by atoms with E-state index in [-0.39, 0.29) is 6.04 Å². The maximum Gasteiger partial charge on any atom is 0.134 e. The summed E-state index contributed by atoms with van der Waals surface area (Å²) >= 11 is 1.65. The summed E-state index contributed by atoms with van der Waals surface area (Å²) in [6.07, 6.45) is 0. The van der Waals surface area contributed by atoms with Gasteiger partial charge in [-0.25, -0.2) is 0 Å². The van der Waals surface area contributed by atoms with Gasteiger partial charge in [0, 0.05) is 5.39 Å². The molecule has 1 aromatic carbocycles. The zero-order chi connectivity index (χ0) is 11.8. The third kappa shape index (κ3) is 1.88. The Balaban J connectivity index is 2.06. The van der Waals surface area contributed by atoms with E-state index in [4.69, 9.17) is 10.2 Å². The SMILES string of the molecule is Cc1ccc2oc(C(N)c3ccsc3)cc2c1. The molecule has 0 fully saturated rings. The Bertz CT molecular complexity index is 639. The molecule has 17 heavy (non-hydrogen) atoms. The van der Waals surface area contributed by atoms with Crippen LogP contribution in [0.25, 0.3) is 11.0 Å². The van der Waals surface area contributed by atoms with E-state index in [0.717, 1.165) is 22.3 Å². The lowest BCUT2D eigenvalue weighted by atomic mass is 10.1. The molecule has 0 saturated heterocycles. The minimum absolute atomic E-state index is 0.172. The summed E-state index contributed by atoms with van der Waals surface area (Å²) in [5.74, 6) is 0.823. The summed E-state index contributed by atoms with van der Waals surface area (Å²) in [5.41, 5.74) is 9.41. The number of rotatable bonds is 2. The largest absolute Gasteiger partial charge is 0.459 e. The molecule has 86 valence electrons. The van der Waals surface area contributed by atoms with Crippen LogP contribution in [0.3, 0.4) is 0 Å². The minimum Gasteiger partial charge on any atom is -0.459 e. The van der Waals surface area contributed by atoms with Gasteiger partial charge < -0.3 is 10.2 Å². The van der Waals surface area contributed by atoms with E-state index < -0.39 is 0 Å². The van der Waals surface area contributed by atoms with Gasteiger partial charge in [0.05, 0.1) is 6.04 Å². The van der Waals surface area contributed by atoms with Gasteiger partial charge in [-0.15, -0.1) is 0 Å². The van der Waals surface area contributed by atoms with Crippen LogP contribution in [0.5, 0.6) is 0 Å². The zero-order valence-corrected chi connectivity index (χ0v) is 10.3. The predicted octanol–water partition coefficient (Wildman–Crippen LogP) is 3.85. The van der Waals surface area contributed by atoms with Crippen LogP contribution >= 0.6 is 11.3 Å². The summed E-state index contributed by atoms with van der Waals surface area (Å²) in [6, 6.07) is 10.1. The number of aryl methyl sites for hydroxylation is 1. The van der Waals surface area contributed by atoms with Crippen molar-refractivity contribution in [2.24, 2.45) is 5.73 Å². The summed E-state index contributed by atoms with van der Waals surface area (Å²) in [6.45, 7) is 2.07. The molecule has 3 rings (SSSR count). The first-order chi connectivity index (χ1) is 8.24. The van der Waals surface area contributed by atoms with Gasteiger partial charge in [-0.2, -0.15) is 11.3 Å². The Morgan fingerprint density at radius 2 is 2.12 bits per heavy atom. The maximum absolute atomic E-state index is 6.18. The number of nitrogens with two attached hydrogens (primary N) is 1. The molecule has 0 aliphatic rings. The van der Waals surface area contributed by atoms with E-state index in [2.05, 4.69) is 18.4 Å². The number of furan rings is 1. The van der Waals surface area contributed by atoms with Crippen molar-refractivity contribution in [2.45, 2.75) is 13.0 Å². The van der Waals surface area contributed by atoms with Crippen molar-refractivity contribution in [1.82, 2.24) is 0 Å². The van der Waals surface area contributed by atoms with Gasteiger partial charge >= 0.3 is 0 Å². The monoisotopic (exact) mass is 243 g/mol. The second-order valence-electron chi connectivity index (χ2n) is 4.22. The molecule has 2 N–H and O–H groups in total. The average molecular weight is 243 g/mol. The number of thiophene rings is 1. The van der Waals surface area contributed by atoms with Crippen LogP contribution in [-0.2, 0) is 0 Å². The molecule has 1 unspecified atom stereocenters. The maximum atomic E-state index is 6.18. The van der Waals surface area contributed by atoms with Gasteiger partial charge in [-0.1, -0.05) is 11.6 Å². The highest BCUT2D eigenvalue weighted by Crippen LogP contribution is 2.28. The Kier molecular flexibility index (Phi) is 2.50. The van der Waals surface area contributed by atoms with Gasteiger partial charge in [0.1, 0.15) is 11.3 Å². The van der Waals surface area contributed by atoms with E-state index in [1.165, 1.54) is 5.56 Å². The van der Waals surface area contributed by atoms with Gasteiger partial charge in [0.15, 0.2) is 0 Å². The van der Waals surface area contributed by atoms with E-state index >= 15 is 0 Å². The van der Waals surface area contributed by atoms with Gasteiger partial charge in [0.25, 0.3) is 0 Å². The summed E-state index contributed by atoms with van der Waals surface area (Å²) in [4.78, 5) is 0.